The molecule has 0 spiro atoms. The smallest absolute Gasteiger partial charge is 0.305 e. The Balaban J connectivity index is 0. The zero-order valence-corrected chi connectivity index (χ0v) is 13.8. The summed E-state index contributed by atoms with van der Waals surface area (Å²) in [4.78, 5) is 14.6. The first-order chi connectivity index (χ1) is 9.72. The summed E-state index contributed by atoms with van der Waals surface area (Å²) in [6, 6.07) is 0. The maximum Gasteiger partial charge on any atom is 0.305 e. The Kier molecular flexibility index (Phi) is 21.8. The Hall–Kier alpha value is -0.900. The zero-order chi connectivity index (χ0) is 15.5. The number of ether oxygens (including phenoxy) is 2. The van der Waals surface area contributed by atoms with Crippen molar-refractivity contribution in [3.05, 3.63) is 0 Å². The molecule has 20 heavy (non-hydrogen) atoms. The van der Waals surface area contributed by atoms with E-state index in [4.69, 9.17) is 0 Å². The summed E-state index contributed by atoms with van der Waals surface area (Å²) >= 11 is 0. The molecule has 0 unspecified atom stereocenters. The van der Waals surface area contributed by atoms with Gasteiger partial charge in [0.25, 0.3) is 0 Å². The van der Waals surface area contributed by atoms with Crippen LogP contribution in [0.15, 0.2) is 4.99 Å². The van der Waals surface area contributed by atoms with Crippen LogP contribution in [-0.2, 0) is 14.3 Å². The fourth-order valence-corrected chi connectivity index (χ4v) is 1.42. The van der Waals surface area contributed by atoms with Crippen LogP contribution in [0.2, 0.25) is 0 Å². The van der Waals surface area contributed by atoms with E-state index in [0.717, 1.165) is 32.4 Å². The highest BCUT2D eigenvalue weighted by molar-refractivity contribution is 5.68. The largest absolute Gasteiger partial charge is 0.469 e. The number of hydrogen-bond donors (Lipinski definition) is 0. The van der Waals surface area contributed by atoms with Gasteiger partial charge in [-0.05, 0) is 38.8 Å². The van der Waals surface area contributed by atoms with Crippen LogP contribution in [0.3, 0.4) is 0 Å². The van der Waals surface area contributed by atoms with Crippen LogP contribution in [0, 0.1) is 0 Å². The molecule has 0 amide bonds. The molecule has 1 aliphatic rings. The van der Waals surface area contributed by atoms with Gasteiger partial charge in [0.15, 0.2) is 0 Å². The average molecular weight is 287 g/mol. The third kappa shape index (κ3) is 22.3. The van der Waals surface area contributed by atoms with Crippen LogP contribution in [0.4, 0.5) is 0 Å². The van der Waals surface area contributed by atoms with E-state index in [2.05, 4.69) is 21.4 Å². The summed E-state index contributed by atoms with van der Waals surface area (Å²) in [6.07, 6.45) is 11.1. The van der Waals surface area contributed by atoms with Crippen molar-refractivity contribution in [3.63, 3.8) is 0 Å². The lowest BCUT2D eigenvalue weighted by atomic mass is 10.2. The number of nitrogens with zero attached hydrogens (tertiary/aromatic N) is 1. The van der Waals surface area contributed by atoms with Crippen molar-refractivity contribution in [2.24, 2.45) is 4.99 Å². The quantitative estimate of drug-likeness (QED) is 0.566. The standard InChI is InChI=1S/C7H14O2.C6H11N.C3H8O/c1-3-4-5-6-7(8)9-2;1-2-4-6-7-5-3-1;1-3-4-2/h3-6H2,1-2H3;5H,1-4,6H2;3H2,1-2H3. The molecular weight excluding hydrogens is 254 g/mol. The van der Waals surface area contributed by atoms with Gasteiger partial charge in [-0.3, -0.25) is 9.79 Å². The number of unbranched alkanes of at least 4 members (excludes halogenated alkanes) is 2. The van der Waals surface area contributed by atoms with Crippen molar-refractivity contribution in [1.29, 1.82) is 0 Å². The lowest BCUT2D eigenvalue weighted by Gasteiger charge is -1.95. The number of methoxy groups -OCH3 is 2. The van der Waals surface area contributed by atoms with Gasteiger partial charge in [0, 0.05) is 26.7 Å². The Labute approximate surface area is 125 Å². The molecule has 1 heterocycles. The van der Waals surface area contributed by atoms with Gasteiger partial charge in [0.2, 0.25) is 0 Å². The maximum absolute atomic E-state index is 10.5. The molecule has 4 heteroatoms. The second-order valence-corrected chi connectivity index (χ2v) is 4.55. The summed E-state index contributed by atoms with van der Waals surface area (Å²) in [6.45, 7) is 5.96. The van der Waals surface area contributed by atoms with Crippen LogP contribution in [-0.4, -0.2) is 39.6 Å². The van der Waals surface area contributed by atoms with Crippen molar-refractivity contribution in [3.8, 4) is 0 Å². The average Bonchev–Trinajstić information content (AvgIpc) is 2.81. The van der Waals surface area contributed by atoms with Gasteiger partial charge < -0.3 is 9.47 Å². The van der Waals surface area contributed by atoms with Crippen LogP contribution >= 0.6 is 0 Å². The number of hydrogen-bond acceptors (Lipinski definition) is 4. The van der Waals surface area contributed by atoms with E-state index in [1.807, 2.05) is 13.1 Å². The molecule has 0 bridgehead atoms. The second-order valence-electron chi connectivity index (χ2n) is 4.55. The van der Waals surface area contributed by atoms with Crippen molar-refractivity contribution >= 4 is 12.2 Å². The highest BCUT2D eigenvalue weighted by atomic mass is 16.5. The molecule has 0 aromatic rings. The topological polar surface area (TPSA) is 47.9 Å². The van der Waals surface area contributed by atoms with E-state index in [9.17, 15) is 4.79 Å². The van der Waals surface area contributed by atoms with Gasteiger partial charge in [-0.2, -0.15) is 0 Å². The van der Waals surface area contributed by atoms with Crippen molar-refractivity contribution in [2.75, 3.05) is 27.4 Å². The molecule has 120 valence electrons. The first-order valence-corrected chi connectivity index (χ1v) is 7.76. The summed E-state index contributed by atoms with van der Waals surface area (Å²) in [7, 11) is 3.11. The molecule has 1 rings (SSSR count). The molecule has 4 nitrogen and oxygen atoms in total. The predicted molar refractivity (Wildman–Crippen MR) is 85.5 cm³/mol. The highest BCUT2D eigenvalue weighted by Crippen LogP contribution is 2.01. The Morgan fingerprint density at radius 1 is 1.15 bits per heavy atom. The minimum Gasteiger partial charge on any atom is -0.469 e. The third-order valence-electron chi connectivity index (χ3n) is 2.75. The van der Waals surface area contributed by atoms with Crippen molar-refractivity contribution < 1.29 is 14.3 Å². The molecule has 0 saturated heterocycles. The third-order valence-corrected chi connectivity index (χ3v) is 2.75. The minimum absolute atomic E-state index is 0.0940. The van der Waals surface area contributed by atoms with Gasteiger partial charge in [-0.25, -0.2) is 0 Å². The Morgan fingerprint density at radius 2 is 1.85 bits per heavy atom. The summed E-state index contributed by atoms with van der Waals surface area (Å²) < 4.78 is 9.00. The van der Waals surface area contributed by atoms with E-state index < -0.39 is 0 Å². The van der Waals surface area contributed by atoms with Crippen molar-refractivity contribution in [1.82, 2.24) is 0 Å². The van der Waals surface area contributed by atoms with Gasteiger partial charge in [-0.15, -0.1) is 0 Å². The highest BCUT2D eigenvalue weighted by Gasteiger charge is 1.96. The minimum atomic E-state index is -0.0940. The summed E-state index contributed by atoms with van der Waals surface area (Å²) in [5, 5.41) is 0. The zero-order valence-electron chi connectivity index (χ0n) is 13.8. The first kappa shape index (κ1) is 21.4. The van der Waals surface area contributed by atoms with Gasteiger partial charge in [0.1, 0.15) is 0 Å². The fraction of sp³-hybridized carbons (Fsp3) is 0.875. The van der Waals surface area contributed by atoms with E-state index >= 15 is 0 Å². The molecule has 0 aromatic heterocycles. The number of esters is 1. The monoisotopic (exact) mass is 287 g/mol. The molecule has 0 saturated carbocycles. The lowest BCUT2D eigenvalue weighted by Crippen LogP contribution is -1.98. The second kappa shape index (κ2) is 20.4. The van der Waals surface area contributed by atoms with Gasteiger partial charge >= 0.3 is 5.97 Å². The SMILES string of the molecule is C1=NCCCCC1.CCCCCC(=O)OC.CCOC. The molecule has 0 radical (unpaired) electrons. The van der Waals surface area contributed by atoms with Gasteiger partial charge in [0.05, 0.1) is 7.11 Å². The van der Waals surface area contributed by atoms with E-state index in [1.54, 1.807) is 7.11 Å². The summed E-state index contributed by atoms with van der Waals surface area (Å²) in [5.74, 6) is -0.0940. The molecule has 0 fully saturated rings. The Morgan fingerprint density at radius 3 is 2.40 bits per heavy atom. The molecule has 0 atom stereocenters. The lowest BCUT2D eigenvalue weighted by molar-refractivity contribution is -0.140. The normalized spacial score (nSPS) is 13.2. The fourth-order valence-electron chi connectivity index (χ4n) is 1.42. The molecule has 1 aliphatic heterocycles. The van der Waals surface area contributed by atoms with Crippen LogP contribution in [0.1, 0.15) is 65.2 Å². The van der Waals surface area contributed by atoms with Crippen molar-refractivity contribution in [2.45, 2.75) is 65.2 Å². The first-order valence-electron chi connectivity index (χ1n) is 7.76. The number of carbonyl (C=O) groups excluding carboxylic acids is 1. The van der Waals surface area contributed by atoms with Gasteiger partial charge in [-0.1, -0.05) is 26.2 Å². The Bertz CT molecular complexity index is 208. The predicted octanol–water partition coefficient (Wildman–Crippen LogP) is 4.02. The maximum atomic E-state index is 10.5. The molecular formula is C16H33NO3. The molecule has 0 aliphatic carbocycles. The van der Waals surface area contributed by atoms with Crippen LogP contribution in [0.5, 0.6) is 0 Å². The molecule has 0 aromatic carbocycles. The number of rotatable bonds is 5. The number of aliphatic imine (C=N–C) groups is 1. The van der Waals surface area contributed by atoms with Crippen LogP contribution < -0.4 is 0 Å². The van der Waals surface area contributed by atoms with Crippen LogP contribution in [0.25, 0.3) is 0 Å². The molecule has 0 N–H and O–H groups in total. The number of carbonyl (C=O) groups is 1. The van der Waals surface area contributed by atoms with E-state index in [1.165, 1.54) is 32.8 Å². The van der Waals surface area contributed by atoms with E-state index in [-0.39, 0.29) is 5.97 Å². The summed E-state index contributed by atoms with van der Waals surface area (Å²) in [5.41, 5.74) is 0. The van der Waals surface area contributed by atoms with E-state index in [0.29, 0.717) is 6.42 Å².